The Hall–Kier alpha value is -4.10. The fraction of sp³-hybridized carbons (Fsp3) is 0.231. The molecule has 0 radical (unpaired) electrons. The van der Waals surface area contributed by atoms with E-state index in [1.807, 2.05) is 0 Å². The van der Waals surface area contributed by atoms with Crippen molar-refractivity contribution in [3.63, 3.8) is 0 Å². The average Bonchev–Trinajstić information content (AvgIpc) is 2.82. The first-order valence-electron chi connectivity index (χ1n) is 14.3. The third-order valence-electron chi connectivity index (χ3n) is 8.49. The SMILES string of the molecule is Cc1cc(C)c(C2=CC3=CC(c4c(C)cc(C)cc4C)=CC4=CC(c5c(C)cc(C)cc5C)=CC(=C2)N34)c(C)c1. The van der Waals surface area contributed by atoms with Crippen LogP contribution in [0.15, 0.2) is 89.9 Å². The zero-order valence-corrected chi connectivity index (χ0v) is 25.4. The molecular weight excluding hydrogens is 482 g/mol. The van der Waals surface area contributed by atoms with Gasteiger partial charge in [-0.05, 0) is 166 Å². The molecular formula is C39H39N. The van der Waals surface area contributed by atoms with Gasteiger partial charge in [0.1, 0.15) is 0 Å². The lowest BCUT2D eigenvalue weighted by molar-refractivity contribution is 0.567. The van der Waals surface area contributed by atoms with E-state index >= 15 is 0 Å². The van der Waals surface area contributed by atoms with Crippen LogP contribution in [-0.4, -0.2) is 4.90 Å². The number of benzene rings is 3. The van der Waals surface area contributed by atoms with Crippen LogP contribution in [0.25, 0.3) is 16.7 Å². The molecule has 0 bridgehead atoms. The molecule has 6 rings (SSSR count). The van der Waals surface area contributed by atoms with Crippen LogP contribution in [0.2, 0.25) is 0 Å². The van der Waals surface area contributed by atoms with Crippen molar-refractivity contribution in [1.82, 2.24) is 4.90 Å². The van der Waals surface area contributed by atoms with Crippen LogP contribution in [0.1, 0.15) is 66.8 Å². The summed E-state index contributed by atoms with van der Waals surface area (Å²) in [5.74, 6) is 0. The molecule has 3 heterocycles. The maximum Gasteiger partial charge on any atom is 0.0474 e. The topological polar surface area (TPSA) is 3.24 Å². The summed E-state index contributed by atoms with van der Waals surface area (Å²) >= 11 is 0. The number of allylic oxidation sites excluding steroid dienone is 9. The molecule has 0 aromatic heterocycles. The van der Waals surface area contributed by atoms with Gasteiger partial charge in [0.15, 0.2) is 0 Å². The molecule has 3 aliphatic heterocycles. The fourth-order valence-corrected chi connectivity index (χ4v) is 7.38. The largest absolute Gasteiger partial charge is 0.310 e. The highest BCUT2D eigenvalue weighted by Crippen LogP contribution is 2.45. The first-order chi connectivity index (χ1) is 19.0. The van der Waals surface area contributed by atoms with Crippen LogP contribution < -0.4 is 0 Å². The summed E-state index contributed by atoms with van der Waals surface area (Å²) in [5, 5.41) is 0. The van der Waals surface area contributed by atoms with Crippen molar-refractivity contribution in [2.75, 3.05) is 0 Å². The van der Waals surface area contributed by atoms with Gasteiger partial charge in [0.05, 0.1) is 0 Å². The third kappa shape index (κ3) is 4.34. The number of nitrogens with zero attached hydrogens (tertiary/aromatic N) is 1. The van der Waals surface area contributed by atoms with Crippen molar-refractivity contribution >= 4 is 16.7 Å². The van der Waals surface area contributed by atoms with Gasteiger partial charge >= 0.3 is 0 Å². The van der Waals surface area contributed by atoms with Gasteiger partial charge in [-0.3, -0.25) is 0 Å². The van der Waals surface area contributed by atoms with E-state index in [0.29, 0.717) is 0 Å². The van der Waals surface area contributed by atoms with Crippen molar-refractivity contribution in [2.45, 2.75) is 62.3 Å². The van der Waals surface area contributed by atoms with Crippen molar-refractivity contribution in [1.29, 1.82) is 0 Å². The highest BCUT2D eigenvalue weighted by atomic mass is 15.2. The number of hydrogen-bond acceptors (Lipinski definition) is 1. The van der Waals surface area contributed by atoms with Gasteiger partial charge in [-0.2, -0.15) is 0 Å². The molecule has 0 aliphatic carbocycles. The Balaban J connectivity index is 1.62. The van der Waals surface area contributed by atoms with E-state index in [1.54, 1.807) is 0 Å². The monoisotopic (exact) mass is 521 g/mol. The minimum atomic E-state index is 1.22. The lowest BCUT2D eigenvalue weighted by atomic mass is 9.84. The van der Waals surface area contributed by atoms with Gasteiger partial charge in [0, 0.05) is 17.1 Å². The molecule has 200 valence electrons. The maximum absolute atomic E-state index is 2.42. The second-order valence-corrected chi connectivity index (χ2v) is 12.2. The standard InChI is InChI=1S/C39H39N/c1-22-10-25(4)37(26(5)11-22)31-16-34-18-32(38-27(6)12-23(2)13-28(38)7)20-36-21-33(19-35(17-31)40(34)36)39-29(8)14-24(3)15-30(39)9/h10-21H,1-9H3. The number of aryl methyl sites for hydroxylation is 9. The first kappa shape index (κ1) is 26.1. The van der Waals surface area contributed by atoms with E-state index in [0.717, 1.165) is 0 Å². The van der Waals surface area contributed by atoms with Gasteiger partial charge in [0.25, 0.3) is 0 Å². The first-order valence-corrected chi connectivity index (χ1v) is 14.3. The molecule has 3 aliphatic rings. The van der Waals surface area contributed by atoms with Crippen LogP contribution in [0.3, 0.4) is 0 Å². The van der Waals surface area contributed by atoms with Gasteiger partial charge in [-0.25, -0.2) is 0 Å². The van der Waals surface area contributed by atoms with Gasteiger partial charge in [-0.1, -0.05) is 53.1 Å². The lowest BCUT2D eigenvalue weighted by Gasteiger charge is -2.38. The second-order valence-electron chi connectivity index (χ2n) is 12.2. The van der Waals surface area contributed by atoms with E-state index < -0.39 is 0 Å². The van der Waals surface area contributed by atoms with E-state index in [-0.39, 0.29) is 0 Å². The molecule has 0 amide bonds. The predicted octanol–water partition coefficient (Wildman–Crippen LogP) is 10.0. The fourth-order valence-electron chi connectivity index (χ4n) is 7.38. The quantitative estimate of drug-likeness (QED) is 0.331. The Kier molecular flexibility index (Phi) is 6.22. The Morgan fingerprint density at radius 1 is 0.325 bits per heavy atom. The highest BCUT2D eigenvalue weighted by Gasteiger charge is 2.29. The molecule has 0 saturated carbocycles. The van der Waals surface area contributed by atoms with E-state index in [4.69, 9.17) is 0 Å². The Morgan fingerprint density at radius 3 is 0.775 bits per heavy atom. The Bertz CT molecular complexity index is 1530. The van der Waals surface area contributed by atoms with Gasteiger partial charge in [-0.15, -0.1) is 0 Å². The predicted molar refractivity (Wildman–Crippen MR) is 172 cm³/mol. The summed E-state index contributed by atoms with van der Waals surface area (Å²) < 4.78 is 0. The average molecular weight is 522 g/mol. The minimum Gasteiger partial charge on any atom is -0.310 e. The third-order valence-corrected chi connectivity index (χ3v) is 8.49. The molecule has 40 heavy (non-hydrogen) atoms. The Labute approximate surface area is 240 Å². The molecule has 1 heteroatoms. The van der Waals surface area contributed by atoms with E-state index in [1.165, 1.54) is 101 Å². The zero-order valence-electron chi connectivity index (χ0n) is 25.4. The summed E-state index contributed by atoms with van der Waals surface area (Å²) in [5.41, 5.74) is 23.4. The summed E-state index contributed by atoms with van der Waals surface area (Å²) in [4.78, 5) is 2.42. The van der Waals surface area contributed by atoms with Gasteiger partial charge < -0.3 is 4.90 Å². The summed E-state index contributed by atoms with van der Waals surface area (Å²) in [7, 11) is 0. The summed E-state index contributed by atoms with van der Waals surface area (Å²) in [6.45, 7) is 20.0. The highest BCUT2D eigenvalue weighted by molar-refractivity contribution is 5.92. The molecule has 3 aromatic carbocycles. The molecule has 0 spiro atoms. The summed E-state index contributed by atoms with van der Waals surface area (Å²) in [6.07, 6.45) is 14.3. The number of rotatable bonds is 3. The molecule has 0 saturated heterocycles. The molecule has 0 N–H and O–H groups in total. The summed E-state index contributed by atoms with van der Waals surface area (Å²) in [6, 6.07) is 13.8. The molecule has 0 unspecified atom stereocenters. The van der Waals surface area contributed by atoms with Crippen molar-refractivity contribution in [3.05, 3.63) is 157 Å². The molecule has 1 nitrogen and oxygen atoms in total. The van der Waals surface area contributed by atoms with Gasteiger partial charge in [0.2, 0.25) is 0 Å². The van der Waals surface area contributed by atoms with Crippen molar-refractivity contribution < 1.29 is 0 Å². The lowest BCUT2D eigenvalue weighted by Crippen LogP contribution is -2.27. The van der Waals surface area contributed by atoms with E-state index in [2.05, 4.69) is 140 Å². The molecule has 0 atom stereocenters. The molecule has 3 aromatic rings. The minimum absolute atomic E-state index is 1.22. The van der Waals surface area contributed by atoms with Crippen molar-refractivity contribution in [3.8, 4) is 0 Å². The van der Waals surface area contributed by atoms with Crippen LogP contribution >= 0.6 is 0 Å². The zero-order chi connectivity index (χ0) is 28.5. The normalized spacial score (nSPS) is 16.0. The Morgan fingerprint density at radius 2 is 0.550 bits per heavy atom. The molecule has 0 fully saturated rings. The van der Waals surface area contributed by atoms with Crippen molar-refractivity contribution in [2.24, 2.45) is 0 Å². The second kappa shape index (κ2) is 9.52. The van der Waals surface area contributed by atoms with Crippen LogP contribution in [-0.2, 0) is 0 Å². The smallest absolute Gasteiger partial charge is 0.0474 e. The van der Waals surface area contributed by atoms with Crippen LogP contribution in [0, 0.1) is 62.3 Å². The number of hydrogen-bond donors (Lipinski definition) is 0. The van der Waals surface area contributed by atoms with Crippen LogP contribution in [0.5, 0.6) is 0 Å². The van der Waals surface area contributed by atoms with E-state index in [9.17, 15) is 0 Å². The maximum atomic E-state index is 2.42. The van der Waals surface area contributed by atoms with Crippen LogP contribution in [0.4, 0.5) is 0 Å².